The lowest BCUT2D eigenvalue weighted by atomic mass is 10.3. The number of nitrogens with zero attached hydrogens (tertiary/aromatic N) is 2. The van der Waals surface area contributed by atoms with Crippen molar-refractivity contribution in [2.45, 2.75) is 26.7 Å². The molecule has 0 aliphatic heterocycles. The van der Waals surface area contributed by atoms with Crippen LogP contribution in [0, 0.1) is 6.92 Å². The van der Waals surface area contributed by atoms with E-state index in [-0.39, 0.29) is 0 Å². The van der Waals surface area contributed by atoms with E-state index < -0.39 is 0 Å². The van der Waals surface area contributed by atoms with Gasteiger partial charge in [0.15, 0.2) is 0 Å². The van der Waals surface area contributed by atoms with Crippen LogP contribution in [-0.4, -0.2) is 23.6 Å². The molecule has 0 aliphatic carbocycles. The van der Waals surface area contributed by atoms with E-state index in [9.17, 15) is 0 Å². The molecule has 2 aromatic rings. The lowest BCUT2D eigenvalue weighted by molar-refractivity contribution is 0.417. The van der Waals surface area contributed by atoms with Gasteiger partial charge >= 0.3 is 0 Å². The number of hydrogen-bond donors (Lipinski definition) is 2. The first-order chi connectivity index (χ1) is 10.6. The molecule has 0 saturated heterocycles. The minimum absolute atomic E-state index is 0.513. The summed E-state index contributed by atoms with van der Waals surface area (Å²) in [6.07, 6.45) is 2.25. The summed E-state index contributed by atoms with van der Waals surface area (Å²) in [4.78, 5) is 8.88. The molecule has 1 heterocycles. The van der Waals surface area contributed by atoms with Crippen LogP contribution in [0.1, 0.15) is 25.5 Å². The molecule has 0 bridgehead atoms. The average molecular weight is 321 g/mol. The van der Waals surface area contributed by atoms with Gasteiger partial charge in [-0.3, -0.25) is 0 Å². The highest BCUT2D eigenvalue weighted by molar-refractivity contribution is 6.30. The lowest BCUT2D eigenvalue weighted by Crippen LogP contribution is -2.07. The molecule has 0 fully saturated rings. The second-order valence-electron chi connectivity index (χ2n) is 4.97. The fraction of sp³-hybridized carbons (Fsp3) is 0.375. The number of halogens is 1. The highest BCUT2D eigenvalue weighted by Crippen LogP contribution is 2.29. The summed E-state index contributed by atoms with van der Waals surface area (Å²) in [6.45, 7) is 4.99. The van der Waals surface area contributed by atoms with Crippen molar-refractivity contribution in [3.05, 3.63) is 35.0 Å². The van der Waals surface area contributed by atoms with Crippen molar-refractivity contribution in [3.8, 4) is 5.75 Å². The summed E-state index contributed by atoms with van der Waals surface area (Å²) >= 11 is 6.04. The predicted molar refractivity (Wildman–Crippen MR) is 91.5 cm³/mol. The van der Waals surface area contributed by atoms with Gasteiger partial charge < -0.3 is 15.4 Å². The Morgan fingerprint density at radius 1 is 1.23 bits per heavy atom. The molecule has 0 saturated carbocycles. The van der Waals surface area contributed by atoms with Gasteiger partial charge in [-0.25, -0.2) is 4.98 Å². The number of anilines is 3. The van der Waals surface area contributed by atoms with Crippen LogP contribution in [0.25, 0.3) is 0 Å². The van der Waals surface area contributed by atoms with Crippen molar-refractivity contribution in [3.63, 3.8) is 0 Å². The Hall–Kier alpha value is -2.01. The van der Waals surface area contributed by atoms with Crippen molar-refractivity contribution in [2.75, 3.05) is 24.3 Å². The van der Waals surface area contributed by atoms with Crippen LogP contribution < -0.4 is 15.4 Å². The summed E-state index contributed by atoms with van der Waals surface area (Å²) in [6, 6.07) is 7.30. The fourth-order valence-corrected chi connectivity index (χ4v) is 2.18. The van der Waals surface area contributed by atoms with Gasteiger partial charge in [-0.2, -0.15) is 4.98 Å². The van der Waals surface area contributed by atoms with Crippen LogP contribution in [-0.2, 0) is 0 Å². The number of ether oxygens (including phenoxy) is 1. The van der Waals surface area contributed by atoms with Crippen LogP contribution in [0.2, 0.25) is 5.02 Å². The quantitative estimate of drug-likeness (QED) is 0.740. The summed E-state index contributed by atoms with van der Waals surface area (Å²) in [7, 11) is 1.61. The van der Waals surface area contributed by atoms with Crippen molar-refractivity contribution < 1.29 is 4.74 Å². The zero-order chi connectivity index (χ0) is 15.9. The molecule has 1 aromatic carbocycles. The van der Waals surface area contributed by atoms with E-state index in [1.54, 1.807) is 25.3 Å². The Kier molecular flexibility index (Phi) is 5.83. The highest BCUT2D eigenvalue weighted by atomic mass is 35.5. The first kappa shape index (κ1) is 16.4. The zero-order valence-corrected chi connectivity index (χ0v) is 13.9. The SMILES string of the molecule is CCCCNc1cc(C)nc(Nc2cc(Cl)ccc2OC)n1. The van der Waals surface area contributed by atoms with Crippen LogP contribution in [0.3, 0.4) is 0 Å². The summed E-state index contributed by atoms with van der Waals surface area (Å²) in [5, 5.41) is 7.09. The van der Waals surface area contributed by atoms with Gasteiger partial charge in [0.2, 0.25) is 5.95 Å². The van der Waals surface area contributed by atoms with E-state index in [2.05, 4.69) is 27.5 Å². The number of aromatic nitrogens is 2. The van der Waals surface area contributed by atoms with Gasteiger partial charge in [-0.15, -0.1) is 0 Å². The molecule has 2 rings (SSSR count). The molecule has 0 amide bonds. The summed E-state index contributed by atoms with van der Waals surface area (Å²) in [5.74, 6) is 2.01. The summed E-state index contributed by atoms with van der Waals surface area (Å²) in [5.41, 5.74) is 1.62. The Morgan fingerprint density at radius 2 is 2.05 bits per heavy atom. The molecule has 1 aromatic heterocycles. The van der Waals surface area contributed by atoms with Crippen molar-refractivity contribution >= 4 is 29.1 Å². The number of methoxy groups -OCH3 is 1. The molecule has 118 valence electrons. The Labute approximate surface area is 136 Å². The Morgan fingerprint density at radius 3 is 2.77 bits per heavy atom. The monoisotopic (exact) mass is 320 g/mol. The number of rotatable bonds is 7. The highest BCUT2D eigenvalue weighted by Gasteiger charge is 2.07. The molecule has 0 unspecified atom stereocenters. The molecule has 6 heteroatoms. The molecule has 2 N–H and O–H groups in total. The molecule has 0 atom stereocenters. The molecule has 0 radical (unpaired) electrons. The van der Waals surface area contributed by atoms with Crippen molar-refractivity contribution in [1.29, 1.82) is 0 Å². The van der Waals surface area contributed by atoms with Crippen LogP contribution in [0.4, 0.5) is 17.5 Å². The third kappa shape index (κ3) is 4.49. The largest absolute Gasteiger partial charge is 0.495 e. The normalized spacial score (nSPS) is 10.4. The molecule has 22 heavy (non-hydrogen) atoms. The van der Waals surface area contributed by atoms with Gasteiger partial charge in [0.25, 0.3) is 0 Å². The van der Waals surface area contributed by atoms with E-state index in [1.165, 1.54) is 0 Å². The molecular formula is C16H21ClN4O. The van der Waals surface area contributed by atoms with Crippen molar-refractivity contribution in [2.24, 2.45) is 0 Å². The van der Waals surface area contributed by atoms with E-state index in [0.29, 0.717) is 16.7 Å². The number of aryl methyl sites for hydroxylation is 1. The zero-order valence-electron chi connectivity index (χ0n) is 13.1. The first-order valence-electron chi connectivity index (χ1n) is 7.32. The standard InChI is InChI=1S/C16H21ClN4O/c1-4-5-8-18-15-9-11(2)19-16(21-15)20-13-10-12(17)6-7-14(13)22-3/h6-7,9-10H,4-5,8H2,1-3H3,(H2,18,19,20,21). The summed E-state index contributed by atoms with van der Waals surface area (Å²) < 4.78 is 5.32. The van der Waals surface area contributed by atoms with Crippen LogP contribution in [0.15, 0.2) is 24.3 Å². The van der Waals surface area contributed by atoms with Gasteiger partial charge in [0, 0.05) is 23.3 Å². The average Bonchev–Trinajstić information content (AvgIpc) is 2.47. The molecule has 0 spiro atoms. The molecule has 5 nitrogen and oxygen atoms in total. The van der Waals surface area contributed by atoms with Gasteiger partial charge in [0.1, 0.15) is 11.6 Å². The third-order valence-corrected chi connectivity index (χ3v) is 3.33. The maximum atomic E-state index is 6.04. The second-order valence-corrected chi connectivity index (χ2v) is 5.40. The number of unbranched alkanes of at least 4 members (excludes halogenated alkanes) is 1. The first-order valence-corrected chi connectivity index (χ1v) is 7.70. The third-order valence-electron chi connectivity index (χ3n) is 3.10. The Bertz CT molecular complexity index is 634. The van der Waals surface area contributed by atoms with E-state index in [0.717, 1.165) is 36.6 Å². The van der Waals surface area contributed by atoms with Crippen molar-refractivity contribution in [1.82, 2.24) is 9.97 Å². The van der Waals surface area contributed by atoms with E-state index >= 15 is 0 Å². The minimum Gasteiger partial charge on any atom is -0.495 e. The van der Waals surface area contributed by atoms with Crippen LogP contribution >= 0.6 is 11.6 Å². The lowest BCUT2D eigenvalue weighted by Gasteiger charge is -2.12. The predicted octanol–water partition coefficient (Wildman–Crippen LogP) is 4.40. The minimum atomic E-state index is 0.513. The van der Waals surface area contributed by atoms with Gasteiger partial charge in [0.05, 0.1) is 12.8 Å². The molecular weight excluding hydrogens is 300 g/mol. The maximum Gasteiger partial charge on any atom is 0.229 e. The number of nitrogens with one attached hydrogen (secondary N) is 2. The Balaban J connectivity index is 2.20. The number of hydrogen-bond acceptors (Lipinski definition) is 5. The van der Waals surface area contributed by atoms with Gasteiger partial charge in [-0.1, -0.05) is 24.9 Å². The van der Waals surface area contributed by atoms with Gasteiger partial charge in [-0.05, 0) is 31.5 Å². The topological polar surface area (TPSA) is 59.1 Å². The fourth-order valence-electron chi connectivity index (χ4n) is 2.01. The maximum absolute atomic E-state index is 6.04. The smallest absolute Gasteiger partial charge is 0.229 e. The second kappa shape index (κ2) is 7.84. The number of benzene rings is 1. The van der Waals surface area contributed by atoms with E-state index in [4.69, 9.17) is 16.3 Å². The van der Waals surface area contributed by atoms with E-state index in [1.807, 2.05) is 13.0 Å². The van der Waals surface area contributed by atoms with Crippen LogP contribution in [0.5, 0.6) is 5.75 Å². The molecule has 0 aliphatic rings.